The first kappa shape index (κ1) is 41.3. The van der Waals surface area contributed by atoms with Crippen molar-refractivity contribution >= 4 is 27.9 Å². The highest BCUT2D eigenvalue weighted by Gasteiger charge is 2.29. The molecule has 1 unspecified atom stereocenters. The molecule has 4 aromatic rings. The molecule has 2 N–H and O–H groups in total. The minimum absolute atomic E-state index is 0.135. The van der Waals surface area contributed by atoms with Gasteiger partial charge in [-0.1, -0.05) is 143 Å². The average molecular weight is 758 g/mol. The number of methoxy groups -OCH3 is 2. The predicted molar refractivity (Wildman–Crippen MR) is 210 cm³/mol. The maximum atomic E-state index is 11.9. The number of carbonyl (C=O) groups is 2. The van der Waals surface area contributed by atoms with Crippen molar-refractivity contribution in [3.63, 3.8) is 0 Å². The molecule has 9 heteroatoms. The average Bonchev–Trinajstić information content (AvgIpc) is 3.18. The van der Waals surface area contributed by atoms with Crippen LogP contribution in [0.25, 0.3) is 0 Å². The summed E-state index contributed by atoms with van der Waals surface area (Å²) in [5.41, 5.74) is 5.27. The lowest BCUT2D eigenvalue weighted by Crippen LogP contribution is -2.53. The lowest BCUT2D eigenvalue weighted by atomic mass is 10.1. The standard InChI is InChI=1S/C21H26N2O2.C16H20N2.C5H7BrO2/c1-25-21(24)14-20-17-22(15-18-8-4-2-5-9-18)12-13-23(20)16-19-10-6-3-7-11-19;1-3-7-15(8-4-1)13-17-11-12-18-14-16-9-5-2-6-10-16;1-8-5(7)3-2-4-6/h2-11,20H,12-17H2,1H3;1-10,17-18H,11-14H2;2-3H,4H2,1H3/b;;3-2+. The van der Waals surface area contributed by atoms with E-state index in [1.165, 1.54) is 42.5 Å². The van der Waals surface area contributed by atoms with Gasteiger partial charge in [-0.05, 0) is 22.3 Å². The van der Waals surface area contributed by atoms with Gasteiger partial charge in [-0.25, -0.2) is 4.79 Å². The number of allylic oxidation sites excluding steroid dienone is 1. The summed E-state index contributed by atoms with van der Waals surface area (Å²) in [5.74, 6) is -0.450. The molecule has 4 aromatic carbocycles. The van der Waals surface area contributed by atoms with Crippen LogP contribution in [0.3, 0.4) is 0 Å². The Balaban J connectivity index is 0.000000235. The number of piperazine rings is 1. The van der Waals surface area contributed by atoms with Crippen LogP contribution in [-0.2, 0) is 45.2 Å². The lowest BCUT2D eigenvalue weighted by molar-refractivity contribution is -0.143. The number of carbonyl (C=O) groups excluding carboxylic acids is 2. The molecule has 1 saturated heterocycles. The van der Waals surface area contributed by atoms with Crippen molar-refractivity contribution in [1.29, 1.82) is 0 Å². The molecule has 1 heterocycles. The van der Waals surface area contributed by atoms with Gasteiger partial charge in [-0.3, -0.25) is 14.6 Å². The van der Waals surface area contributed by atoms with Gasteiger partial charge in [0.25, 0.3) is 0 Å². The van der Waals surface area contributed by atoms with Gasteiger partial charge in [0.1, 0.15) is 0 Å². The summed E-state index contributed by atoms with van der Waals surface area (Å²) < 4.78 is 9.23. The zero-order chi connectivity index (χ0) is 36.4. The van der Waals surface area contributed by atoms with Gasteiger partial charge < -0.3 is 20.1 Å². The number of ether oxygens (including phenoxy) is 2. The fraction of sp³-hybridized carbons (Fsp3) is 0.333. The molecule has 0 amide bonds. The summed E-state index contributed by atoms with van der Waals surface area (Å²) in [6.07, 6.45) is 3.48. The van der Waals surface area contributed by atoms with Crippen LogP contribution >= 0.6 is 15.9 Å². The van der Waals surface area contributed by atoms with E-state index in [9.17, 15) is 9.59 Å². The second-order valence-corrected chi connectivity index (χ2v) is 12.7. The largest absolute Gasteiger partial charge is 0.469 e. The van der Waals surface area contributed by atoms with Crippen molar-refractivity contribution in [3.05, 3.63) is 156 Å². The van der Waals surface area contributed by atoms with Crippen LogP contribution in [0.1, 0.15) is 28.7 Å². The number of alkyl halides is 1. The highest BCUT2D eigenvalue weighted by Crippen LogP contribution is 2.19. The third kappa shape index (κ3) is 18.1. The van der Waals surface area contributed by atoms with Gasteiger partial charge in [0.15, 0.2) is 0 Å². The van der Waals surface area contributed by atoms with Crippen molar-refractivity contribution in [3.8, 4) is 0 Å². The van der Waals surface area contributed by atoms with Gasteiger partial charge in [-0.2, -0.15) is 0 Å². The Hall–Kier alpha value is -4.12. The normalized spacial score (nSPS) is 14.5. The molecule has 1 aliphatic heterocycles. The van der Waals surface area contributed by atoms with Crippen LogP contribution in [0.2, 0.25) is 0 Å². The van der Waals surface area contributed by atoms with Gasteiger partial charge in [-0.15, -0.1) is 0 Å². The second-order valence-electron chi connectivity index (χ2n) is 12.0. The van der Waals surface area contributed by atoms with Crippen LogP contribution in [-0.4, -0.2) is 80.1 Å². The monoisotopic (exact) mass is 756 g/mol. The smallest absolute Gasteiger partial charge is 0.330 e. The fourth-order valence-electron chi connectivity index (χ4n) is 5.48. The van der Waals surface area contributed by atoms with Crippen LogP contribution in [0.15, 0.2) is 133 Å². The first-order chi connectivity index (χ1) is 25.0. The van der Waals surface area contributed by atoms with Crippen molar-refractivity contribution in [2.45, 2.75) is 38.6 Å². The number of esters is 2. The topological polar surface area (TPSA) is 83.1 Å². The minimum Gasteiger partial charge on any atom is -0.469 e. The number of halogens is 1. The van der Waals surface area contributed by atoms with Gasteiger partial charge in [0.05, 0.1) is 20.6 Å². The molecule has 0 saturated carbocycles. The van der Waals surface area contributed by atoms with E-state index < -0.39 is 0 Å². The first-order valence-electron chi connectivity index (χ1n) is 17.4. The summed E-state index contributed by atoms with van der Waals surface area (Å²) in [4.78, 5) is 27.0. The zero-order valence-electron chi connectivity index (χ0n) is 30.0. The van der Waals surface area contributed by atoms with Crippen LogP contribution in [0.5, 0.6) is 0 Å². The summed E-state index contributed by atoms with van der Waals surface area (Å²) in [6, 6.07) is 42.1. The lowest BCUT2D eigenvalue weighted by Gasteiger charge is -2.41. The molecule has 1 fully saturated rings. The molecule has 272 valence electrons. The SMILES string of the molecule is COC(=O)/C=C/CBr.COC(=O)CC1CN(Cc2ccccc2)CCN1Cc1ccccc1.c1ccc(CNCCNCc2ccccc2)cc1. The third-order valence-corrected chi connectivity index (χ3v) is 8.54. The van der Waals surface area contributed by atoms with Crippen molar-refractivity contribution in [2.24, 2.45) is 0 Å². The van der Waals surface area contributed by atoms with Crippen molar-refractivity contribution in [2.75, 3.05) is 52.3 Å². The van der Waals surface area contributed by atoms with E-state index in [1.54, 1.807) is 6.08 Å². The molecule has 0 aromatic heterocycles. The minimum atomic E-state index is -0.315. The summed E-state index contributed by atoms with van der Waals surface area (Å²) in [5, 5.41) is 7.53. The molecular formula is C42H53BrN4O4. The molecule has 8 nitrogen and oxygen atoms in total. The zero-order valence-corrected chi connectivity index (χ0v) is 31.5. The number of nitrogens with zero attached hydrogens (tertiary/aromatic N) is 2. The molecular weight excluding hydrogens is 704 g/mol. The summed E-state index contributed by atoms with van der Waals surface area (Å²) in [6.45, 7) is 8.52. The summed E-state index contributed by atoms with van der Waals surface area (Å²) in [7, 11) is 2.81. The van der Waals surface area contributed by atoms with Crippen molar-refractivity contribution < 1.29 is 19.1 Å². The molecule has 0 bridgehead atoms. The van der Waals surface area contributed by atoms with E-state index in [4.69, 9.17) is 4.74 Å². The quantitative estimate of drug-likeness (QED) is 0.0607. The van der Waals surface area contributed by atoms with E-state index in [0.717, 1.165) is 58.9 Å². The fourth-order valence-corrected chi connectivity index (χ4v) is 5.67. The Morgan fingerprint density at radius 3 is 1.61 bits per heavy atom. The van der Waals surface area contributed by atoms with Crippen LogP contribution in [0.4, 0.5) is 0 Å². The maximum Gasteiger partial charge on any atom is 0.330 e. The number of rotatable bonds is 15. The molecule has 0 spiro atoms. The second kappa shape index (κ2) is 25.8. The Labute approximate surface area is 313 Å². The van der Waals surface area contributed by atoms with E-state index in [1.807, 2.05) is 24.3 Å². The molecule has 51 heavy (non-hydrogen) atoms. The molecule has 1 aliphatic rings. The molecule has 1 atom stereocenters. The number of hydrogen-bond acceptors (Lipinski definition) is 8. The van der Waals surface area contributed by atoms with E-state index >= 15 is 0 Å². The number of nitrogens with one attached hydrogen (secondary N) is 2. The highest BCUT2D eigenvalue weighted by molar-refractivity contribution is 9.09. The Bertz CT molecular complexity index is 1470. The van der Waals surface area contributed by atoms with Gasteiger partial charge >= 0.3 is 11.9 Å². The van der Waals surface area contributed by atoms with E-state index in [2.05, 4.69) is 138 Å². The molecule has 0 aliphatic carbocycles. The summed E-state index contributed by atoms with van der Waals surface area (Å²) >= 11 is 3.11. The highest BCUT2D eigenvalue weighted by atomic mass is 79.9. The Morgan fingerprint density at radius 1 is 0.686 bits per heavy atom. The maximum absolute atomic E-state index is 11.9. The van der Waals surface area contributed by atoms with Gasteiger partial charge in [0, 0.05) is 76.4 Å². The van der Waals surface area contributed by atoms with Crippen LogP contribution < -0.4 is 10.6 Å². The van der Waals surface area contributed by atoms with Crippen molar-refractivity contribution in [1.82, 2.24) is 20.4 Å². The molecule has 5 rings (SSSR count). The van der Waals surface area contributed by atoms with E-state index in [0.29, 0.717) is 11.8 Å². The van der Waals surface area contributed by atoms with Gasteiger partial charge in [0.2, 0.25) is 0 Å². The Morgan fingerprint density at radius 2 is 1.16 bits per heavy atom. The first-order valence-corrected chi connectivity index (χ1v) is 18.5. The van der Waals surface area contributed by atoms with Crippen LogP contribution in [0, 0.1) is 0 Å². The molecule has 0 radical (unpaired) electrons. The van der Waals surface area contributed by atoms with E-state index in [-0.39, 0.29) is 18.0 Å². The number of hydrogen-bond donors (Lipinski definition) is 2. The predicted octanol–water partition coefficient (Wildman–Crippen LogP) is 6.61. The Kier molecular flexibility index (Phi) is 20.9. The third-order valence-electron chi connectivity index (χ3n) is 8.16. The number of benzene rings is 4.